The van der Waals surface area contributed by atoms with E-state index in [1.54, 1.807) is 0 Å². The molecule has 0 radical (unpaired) electrons. The summed E-state index contributed by atoms with van der Waals surface area (Å²) in [5.74, 6) is 1.32. The van der Waals surface area contributed by atoms with Crippen molar-refractivity contribution in [3.8, 4) is 0 Å². The molecule has 1 N–H and O–H groups in total. The van der Waals surface area contributed by atoms with Gasteiger partial charge in [-0.2, -0.15) is 0 Å². The molecule has 1 aromatic carbocycles. The molecule has 0 amide bonds. The van der Waals surface area contributed by atoms with Gasteiger partial charge in [0.15, 0.2) is 0 Å². The molecule has 1 aromatic rings. The number of aryl methyl sites for hydroxylation is 1. The molecule has 1 saturated carbocycles. The van der Waals surface area contributed by atoms with Crippen LogP contribution < -0.4 is 0 Å². The summed E-state index contributed by atoms with van der Waals surface area (Å²) < 4.78 is 0. The van der Waals surface area contributed by atoms with E-state index in [-0.39, 0.29) is 6.10 Å². The Morgan fingerprint density at radius 2 is 1.88 bits per heavy atom. The van der Waals surface area contributed by atoms with Gasteiger partial charge in [-0.05, 0) is 37.2 Å². The molecule has 88 valence electrons. The Labute approximate surface area is 98.5 Å². The van der Waals surface area contributed by atoms with Crippen molar-refractivity contribution in [2.45, 2.75) is 45.6 Å². The van der Waals surface area contributed by atoms with Crippen LogP contribution in [0.2, 0.25) is 0 Å². The van der Waals surface area contributed by atoms with E-state index >= 15 is 0 Å². The second-order valence-electron chi connectivity index (χ2n) is 5.38. The van der Waals surface area contributed by atoms with Crippen LogP contribution in [-0.2, 0) is 0 Å². The first kappa shape index (κ1) is 11.7. The van der Waals surface area contributed by atoms with Gasteiger partial charge in [0.05, 0.1) is 6.10 Å². The Kier molecular flexibility index (Phi) is 3.65. The average molecular weight is 218 g/mol. The predicted molar refractivity (Wildman–Crippen MR) is 67.3 cm³/mol. The number of benzene rings is 1. The molecule has 1 unspecified atom stereocenters. The highest BCUT2D eigenvalue weighted by Gasteiger charge is 2.25. The Balaban J connectivity index is 2.04. The largest absolute Gasteiger partial charge is 0.388 e. The minimum Gasteiger partial charge on any atom is -0.388 e. The van der Waals surface area contributed by atoms with E-state index in [2.05, 4.69) is 32.0 Å². The van der Waals surface area contributed by atoms with Crippen molar-refractivity contribution in [3.05, 3.63) is 35.4 Å². The van der Waals surface area contributed by atoms with Crippen LogP contribution in [0, 0.1) is 18.8 Å². The fourth-order valence-corrected chi connectivity index (χ4v) is 2.73. The van der Waals surface area contributed by atoms with Crippen LogP contribution in [0.5, 0.6) is 0 Å². The number of hydrogen-bond acceptors (Lipinski definition) is 1. The Bertz CT molecular complexity index is 337. The van der Waals surface area contributed by atoms with Crippen LogP contribution in [0.4, 0.5) is 0 Å². The molecule has 1 fully saturated rings. The molecule has 1 heteroatoms. The molecule has 0 bridgehead atoms. The number of hydrogen-bond donors (Lipinski definition) is 1. The SMILES string of the molecule is Cc1cccc(C(O)C2CCC(C)CC2)c1. The van der Waals surface area contributed by atoms with Crippen LogP contribution in [0.1, 0.15) is 49.8 Å². The molecule has 1 aliphatic carbocycles. The summed E-state index contributed by atoms with van der Waals surface area (Å²) in [5.41, 5.74) is 2.33. The molecule has 0 aromatic heterocycles. The molecule has 0 heterocycles. The fourth-order valence-electron chi connectivity index (χ4n) is 2.73. The zero-order valence-corrected chi connectivity index (χ0v) is 10.3. The molecular formula is C15H22O. The first-order chi connectivity index (χ1) is 7.66. The Morgan fingerprint density at radius 1 is 1.19 bits per heavy atom. The first-order valence-electron chi connectivity index (χ1n) is 6.41. The number of aliphatic hydroxyl groups is 1. The zero-order valence-electron chi connectivity index (χ0n) is 10.3. The molecular weight excluding hydrogens is 196 g/mol. The predicted octanol–water partition coefficient (Wildman–Crippen LogP) is 3.85. The topological polar surface area (TPSA) is 20.2 Å². The van der Waals surface area contributed by atoms with E-state index in [0.717, 1.165) is 11.5 Å². The number of aliphatic hydroxyl groups excluding tert-OH is 1. The summed E-state index contributed by atoms with van der Waals surface area (Å²) in [5, 5.41) is 10.4. The summed E-state index contributed by atoms with van der Waals surface area (Å²) in [6, 6.07) is 8.29. The molecule has 16 heavy (non-hydrogen) atoms. The highest BCUT2D eigenvalue weighted by atomic mass is 16.3. The monoisotopic (exact) mass is 218 g/mol. The zero-order chi connectivity index (χ0) is 11.5. The van der Waals surface area contributed by atoms with Crippen LogP contribution in [0.25, 0.3) is 0 Å². The van der Waals surface area contributed by atoms with Crippen molar-refractivity contribution in [3.63, 3.8) is 0 Å². The lowest BCUT2D eigenvalue weighted by atomic mass is 9.78. The van der Waals surface area contributed by atoms with Gasteiger partial charge < -0.3 is 5.11 Å². The molecule has 0 aliphatic heterocycles. The average Bonchev–Trinajstić information content (AvgIpc) is 2.29. The standard InChI is InChI=1S/C15H22O/c1-11-6-8-13(9-7-11)15(16)14-5-3-4-12(2)10-14/h3-5,10-11,13,15-16H,6-9H2,1-2H3. The van der Waals surface area contributed by atoms with Gasteiger partial charge in [0.25, 0.3) is 0 Å². The third-order valence-electron chi connectivity index (χ3n) is 3.89. The second kappa shape index (κ2) is 5.01. The maximum Gasteiger partial charge on any atom is 0.0818 e. The van der Waals surface area contributed by atoms with Gasteiger partial charge >= 0.3 is 0 Å². The third-order valence-corrected chi connectivity index (χ3v) is 3.89. The molecule has 2 rings (SSSR count). The van der Waals surface area contributed by atoms with Crippen LogP contribution in [0.15, 0.2) is 24.3 Å². The van der Waals surface area contributed by atoms with Gasteiger partial charge in [-0.1, -0.05) is 49.6 Å². The van der Waals surface area contributed by atoms with E-state index < -0.39 is 0 Å². The normalized spacial score (nSPS) is 27.7. The van der Waals surface area contributed by atoms with Gasteiger partial charge in [0.2, 0.25) is 0 Å². The first-order valence-corrected chi connectivity index (χ1v) is 6.41. The second-order valence-corrected chi connectivity index (χ2v) is 5.38. The maximum atomic E-state index is 10.4. The van der Waals surface area contributed by atoms with Gasteiger partial charge in [-0.3, -0.25) is 0 Å². The summed E-state index contributed by atoms with van der Waals surface area (Å²) in [6.45, 7) is 4.40. The molecule has 0 spiro atoms. The summed E-state index contributed by atoms with van der Waals surface area (Å²) in [4.78, 5) is 0. The Hall–Kier alpha value is -0.820. The minimum absolute atomic E-state index is 0.257. The van der Waals surface area contributed by atoms with Crippen molar-refractivity contribution in [1.82, 2.24) is 0 Å². The third kappa shape index (κ3) is 2.65. The molecule has 1 atom stereocenters. The van der Waals surface area contributed by atoms with E-state index in [1.165, 1.54) is 31.2 Å². The van der Waals surface area contributed by atoms with Gasteiger partial charge in [0.1, 0.15) is 0 Å². The van der Waals surface area contributed by atoms with Crippen molar-refractivity contribution in [2.75, 3.05) is 0 Å². The Morgan fingerprint density at radius 3 is 2.50 bits per heavy atom. The number of rotatable bonds is 2. The van der Waals surface area contributed by atoms with E-state index in [9.17, 15) is 5.11 Å². The van der Waals surface area contributed by atoms with Crippen molar-refractivity contribution < 1.29 is 5.11 Å². The molecule has 1 nitrogen and oxygen atoms in total. The maximum absolute atomic E-state index is 10.4. The van der Waals surface area contributed by atoms with Gasteiger partial charge in [0, 0.05) is 0 Å². The minimum atomic E-state index is -0.257. The lowest BCUT2D eigenvalue weighted by Crippen LogP contribution is -2.19. The highest BCUT2D eigenvalue weighted by Crippen LogP contribution is 2.36. The van der Waals surface area contributed by atoms with Gasteiger partial charge in [-0.25, -0.2) is 0 Å². The van der Waals surface area contributed by atoms with Crippen molar-refractivity contribution in [1.29, 1.82) is 0 Å². The van der Waals surface area contributed by atoms with Crippen LogP contribution >= 0.6 is 0 Å². The van der Waals surface area contributed by atoms with Gasteiger partial charge in [-0.15, -0.1) is 0 Å². The van der Waals surface area contributed by atoms with Crippen molar-refractivity contribution in [2.24, 2.45) is 11.8 Å². The van der Waals surface area contributed by atoms with E-state index in [0.29, 0.717) is 5.92 Å². The van der Waals surface area contributed by atoms with Crippen LogP contribution in [0.3, 0.4) is 0 Å². The van der Waals surface area contributed by atoms with Crippen molar-refractivity contribution >= 4 is 0 Å². The molecule has 0 saturated heterocycles. The summed E-state index contributed by atoms with van der Waals surface area (Å²) >= 11 is 0. The van der Waals surface area contributed by atoms with E-state index in [4.69, 9.17) is 0 Å². The summed E-state index contributed by atoms with van der Waals surface area (Å²) in [7, 11) is 0. The molecule has 1 aliphatic rings. The lowest BCUT2D eigenvalue weighted by Gasteiger charge is -2.30. The van der Waals surface area contributed by atoms with E-state index in [1.807, 2.05) is 6.07 Å². The summed E-state index contributed by atoms with van der Waals surface area (Å²) in [6.07, 6.45) is 4.64. The van der Waals surface area contributed by atoms with Crippen LogP contribution in [-0.4, -0.2) is 5.11 Å². The fraction of sp³-hybridized carbons (Fsp3) is 0.600. The lowest BCUT2D eigenvalue weighted by molar-refractivity contribution is 0.0755. The quantitative estimate of drug-likeness (QED) is 0.799. The smallest absolute Gasteiger partial charge is 0.0818 e. The highest BCUT2D eigenvalue weighted by molar-refractivity contribution is 5.24.